The molecule has 6 nitrogen and oxygen atoms in total. The minimum Gasteiger partial charge on any atom is -0.493 e. The van der Waals surface area contributed by atoms with E-state index in [4.69, 9.17) is 21.1 Å². The number of carbonyl (C=O) groups is 1. The molecule has 2 aromatic carbocycles. The van der Waals surface area contributed by atoms with Gasteiger partial charge in [-0.15, -0.1) is 0 Å². The van der Waals surface area contributed by atoms with E-state index < -0.39 is 5.91 Å². The highest BCUT2D eigenvalue weighted by atomic mass is 35.5. The third-order valence-electron chi connectivity index (χ3n) is 4.36. The van der Waals surface area contributed by atoms with Gasteiger partial charge in [-0.3, -0.25) is 4.79 Å². The number of nitrogens with zero attached hydrogens (tertiary/aromatic N) is 1. The predicted molar refractivity (Wildman–Crippen MR) is 113 cm³/mol. The molecule has 0 saturated carbocycles. The Bertz CT molecular complexity index is 922. The summed E-state index contributed by atoms with van der Waals surface area (Å²) in [4.78, 5) is 12.4. The molecular formula is C22H24ClN3O3. The topological polar surface area (TPSA) is 83.4 Å². The van der Waals surface area contributed by atoms with Gasteiger partial charge in [0.15, 0.2) is 11.5 Å². The molecule has 0 saturated heterocycles. The molecule has 2 N–H and O–H groups in total. The van der Waals surface area contributed by atoms with E-state index in [1.165, 1.54) is 6.20 Å². The maximum Gasteiger partial charge on any atom is 0.263 e. The van der Waals surface area contributed by atoms with Gasteiger partial charge in [0.25, 0.3) is 5.91 Å². The Kier molecular flexibility index (Phi) is 8.38. The molecule has 0 aliphatic rings. The van der Waals surface area contributed by atoms with Crippen LogP contribution in [0, 0.1) is 11.3 Å². The number of ether oxygens (including phenoxy) is 2. The van der Waals surface area contributed by atoms with Crippen LogP contribution in [0.3, 0.4) is 0 Å². The van der Waals surface area contributed by atoms with Crippen molar-refractivity contribution >= 4 is 17.5 Å². The van der Waals surface area contributed by atoms with Crippen molar-refractivity contribution in [2.24, 2.45) is 0 Å². The fourth-order valence-electron chi connectivity index (χ4n) is 2.71. The minimum absolute atomic E-state index is 0.00325. The molecule has 29 heavy (non-hydrogen) atoms. The first-order chi connectivity index (χ1) is 14.0. The smallest absolute Gasteiger partial charge is 0.263 e. The van der Waals surface area contributed by atoms with E-state index in [9.17, 15) is 10.1 Å². The number of rotatable bonds is 9. The van der Waals surface area contributed by atoms with E-state index in [0.29, 0.717) is 29.5 Å². The van der Waals surface area contributed by atoms with Crippen LogP contribution in [-0.2, 0) is 11.2 Å². The Hall–Kier alpha value is -3.17. The third-order valence-corrected chi connectivity index (χ3v) is 4.73. The zero-order chi connectivity index (χ0) is 21.2. The van der Waals surface area contributed by atoms with Gasteiger partial charge >= 0.3 is 0 Å². The summed E-state index contributed by atoms with van der Waals surface area (Å²) in [6.45, 7) is 2.38. The normalized spacial score (nSPS) is 11.9. The largest absolute Gasteiger partial charge is 0.493 e. The maximum absolute atomic E-state index is 12.4. The molecule has 0 aliphatic carbocycles. The Morgan fingerprint density at radius 2 is 1.93 bits per heavy atom. The van der Waals surface area contributed by atoms with Gasteiger partial charge < -0.3 is 20.1 Å². The lowest BCUT2D eigenvalue weighted by Crippen LogP contribution is -2.28. The standard InChI is InChI=1S/C22H24ClN3O3/c1-15(17-8-9-20(28-2)21(12-17)29-3)26-22(27)18(13-24)14-25-11-10-16-6-4-5-7-19(16)23/h4-9,12,14-15,25H,10-11H2,1-3H3,(H,26,27)/b18-14-. The molecule has 1 unspecified atom stereocenters. The molecule has 2 aromatic rings. The number of amides is 1. The van der Waals surface area contributed by atoms with Crippen molar-refractivity contribution < 1.29 is 14.3 Å². The molecule has 2 rings (SSSR count). The van der Waals surface area contributed by atoms with Gasteiger partial charge in [-0.2, -0.15) is 5.26 Å². The van der Waals surface area contributed by atoms with Crippen molar-refractivity contribution in [2.45, 2.75) is 19.4 Å². The molecule has 0 spiro atoms. The lowest BCUT2D eigenvalue weighted by Gasteiger charge is -2.16. The fourth-order valence-corrected chi connectivity index (χ4v) is 2.94. The summed E-state index contributed by atoms with van der Waals surface area (Å²) in [5.41, 5.74) is 1.83. The van der Waals surface area contributed by atoms with Crippen LogP contribution >= 0.6 is 11.6 Å². The summed E-state index contributed by atoms with van der Waals surface area (Å²) < 4.78 is 10.5. The van der Waals surface area contributed by atoms with Crippen molar-refractivity contribution in [1.29, 1.82) is 5.26 Å². The van der Waals surface area contributed by atoms with E-state index in [1.807, 2.05) is 43.3 Å². The van der Waals surface area contributed by atoms with Crippen LogP contribution in [-0.4, -0.2) is 26.7 Å². The first-order valence-electron chi connectivity index (χ1n) is 9.10. The monoisotopic (exact) mass is 413 g/mol. The molecule has 0 aliphatic heterocycles. The highest BCUT2D eigenvalue weighted by Crippen LogP contribution is 2.29. The average molecular weight is 414 g/mol. The van der Waals surface area contributed by atoms with E-state index >= 15 is 0 Å². The van der Waals surface area contributed by atoms with Crippen LogP contribution in [0.15, 0.2) is 54.2 Å². The molecule has 1 amide bonds. The van der Waals surface area contributed by atoms with Crippen LogP contribution < -0.4 is 20.1 Å². The molecule has 0 bridgehead atoms. The summed E-state index contributed by atoms with van der Waals surface area (Å²) in [5.74, 6) is 0.721. The number of halogens is 1. The van der Waals surface area contributed by atoms with Crippen molar-refractivity contribution in [3.05, 3.63) is 70.4 Å². The Morgan fingerprint density at radius 1 is 1.21 bits per heavy atom. The van der Waals surface area contributed by atoms with E-state index in [0.717, 1.165) is 11.1 Å². The quantitative estimate of drug-likeness (QED) is 0.371. The fraction of sp³-hybridized carbons (Fsp3) is 0.273. The predicted octanol–water partition coefficient (Wildman–Crippen LogP) is 3.77. The van der Waals surface area contributed by atoms with Crippen molar-refractivity contribution in [2.75, 3.05) is 20.8 Å². The number of methoxy groups -OCH3 is 2. The van der Waals surface area contributed by atoms with Crippen LogP contribution in [0.25, 0.3) is 0 Å². The molecule has 0 aromatic heterocycles. The first kappa shape index (κ1) is 22.1. The number of carbonyl (C=O) groups excluding carboxylic acids is 1. The van der Waals surface area contributed by atoms with Gasteiger partial charge in [-0.25, -0.2) is 0 Å². The van der Waals surface area contributed by atoms with E-state index in [-0.39, 0.29) is 11.6 Å². The lowest BCUT2D eigenvalue weighted by molar-refractivity contribution is -0.117. The highest BCUT2D eigenvalue weighted by molar-refractivity contribution is 6.31. The number of hydrogen-bond donors (Lipinski definition) is 2. The summed E-state index contributed by atoms with van der Waals surface area (Å²) in [6.07, 6.45) is 2.10. The number of nitriles is 1. The summed E-state index contributed by atoms with van der Waals surface area (Å²) in [6, 6.07) is 14.6. The third kappa shape index (κ3) is 6.16. The molecule has 0 radical (unpaired) electrons. The van der Waals surface area contributed by atoms with Gasteiger partial charge in [-0.05, 0) is 42.7 Å². The molecule has 7 heteroatoms. The van der Waals surface area contributed by atoms with Crippen molar-refractivity contribution in [3.63, 3.8) is 0 Å². The molecule has 152 valence electrons. The van der Waals surface area contributed by atoms with Crippen LogP contribution in [0.1, 0.15) is 24.1 Å². The molecule has 1 atom stereocenters. The van der Waals surface area contributed by atoms with E-state index in [2.05, 4.69) is 10.6 Å². The highest BCUT2D eigenvalue weighted by Gasteiger charge is 2.15. The zero-order valence-corrected chi connectivity index (χ0v) is 17.4. The van der Waals surface area contributed by atoms with Gasteiger partial charge in [0, 0.05) is 17.8 Å². The van der Waals surface area contributed by atoms with Gasteiger partial charge in [0.05, 0.1) is 20.3 Å². The molecule has 0 heterocycles. The average Bonchev–Trinajstić information content (AvgIpc) is 2.74. The Morgan fingerprint density at radius 3 is 2.59 bits per heavy atom. The van der Waals surface area contributed by atoms with Crippen molar-refractivity contribution in [1.82, 2.24) is 10.6 Å². The molecular weight excluding hydrogens is 390 g/mol. The minimum atomic E-state index is -0.458. The summed E-state index contributed by atoms with van der Waals surface area (Å²) >= 11 is 6.12. The van der Waals surface area contributed by atoms with Crippen LogP contribution in [0.5, 0.6) is 11.5 Å². The van der Waals surface area contributed by atoms with Crippen molar-refractivity contribution in [3.8, 4) is 17.6 Å². The number of nitrogens with one attached hydrogen (secondary N) is 2. The summed E-state index contributed by atoms with van der Waals surface area (Å²) in [5, 5.41) is 15.8. The maximum atomic E-state index is 12.4. The lowest BCUT2D eigenvalue weighted by atomic mass is 10.1. The SMILES string of the molecule is COc1ccc(C(C)NC(=O)/C(C#N)=C\NCCc2ccccc2Cl)cc1OC. The first-order valence-corrected chi connectivity index (χ1v) is 9.47. The zero-order valence-electron chi connectivity index (χ0n) is 16.7. The number of hydrogen-bond acceptors (Lipinski definition) is 5. The van der Waals surface area contributed by atoms with Gasteiger partial charge in [-0.1, -0.05) is 35.9 Å². The van der Waals surface area contributed by atoms with Gasteiger partial charge in [0.2, 0.25) is 0 Å². The van der Waals surface area contributed by atoms with E-state index in [1.54, 1.807) is 26.4 Å². The number of benzene rings is 2. The second-order valence-corrected chi connectivity index (χ2v) is 6.68. The Labute approximate surface area is 176 Å². The summed E-state index contributed by atoms with van der Waals surface area (Å²) in [7, 11) is 3.11. The van der Waals surface area contributed by atoms with Crippen LogP contribution in [0.2, 0.25) is 5.02 Å². The van der Waals surface area contributed by atoms with Gasteiger partial charge in [0.1, 0.15) is 11.6 Å². The second kappa shape index (κ2) is 11.0. The second-order valence-electron chi connectivity index (χ2n) is 6.27. The molecule has 0 fully saturated rings. The Balaban J connectivity index is 1.95. The van der Waals surface area contributed by atoms with Crippen LogP contribution in [0.4, 0.5) is 0 Å².